The van der Waals surface area contributed by atoms with Gasteiger partial charge in [-0.05, 0) is 38.1 Å². The van der Waals surface area contributed by atoms with E-state index in [1.165, 1.54) is 0 Å². The Kier molecular flexibility index (Phi) is 14.9. The average molecular weight is 504 g/mol. The fraction of sp³-hybridized carbons (Fsp3) is 0.714. The molecule has 0 fully saturated rings. The lowest BCUT2D eigenvalue weighted by molar-refractivity contribution is -0.145. The minimum atomic E-state index is -1.61. The van der Waals surface area contributed by atoms with Gasteiger partial charge in [0.05, 0.1) is 12.5 Å². The zero-order chi connectivity index (χ0) is 27.1. The van der Waals surface area contributed by atoms with Crippen LogP contribution in [0.5, 0.6) is 0 Å². The zero-order valence-corrected chi connectivity index (χ0v) is 20.0. The third-order valence-electron chi connectivity index (χ3n) is 5.37. The van der Waals surface area contributed by atoms with Crippen LogP contribution in [0.3, 0.4) is 0 Å². The molecule has 5 unspecified atom stereocenters. The van der Waals surface area contributed by atoms with E-state index in [2.05, 4.69) is 16.0 Å². The molecule has 3 amide bonds. The van der Waals surface area contributed by atoms with Crippen molar-refractivity contribution in [3.05, 3.63) is 0 Å². The number of nitrogens with one attached hydrogen (secondary N) is 3. The van der Waals surface area contributed by atoms with E-state index in [-0.39, 0.29) is 19.3 Å². The van der Waals surface area contributed by atoms with Crippen LogP contribution in [-0.2, 0) is 28.8 Å². The molecule has 0 radical (unpaired) electrons. The van der Waals surface area contributed by atoms with Crippen LogP contribution in [0.1, 0.15) is 58.8 Å². The Morgan fingerprint density at radius 2 is 1.37 bits per heavy atom. The first-order valence-electron chi connectivity index (χ1n) is 11.4. The SMILES string of the molecule is CCC(C)C(NC(=O)C(CC(=O)O)NC(=O)C(CCCCN)NC(=O)C(N)CCC(=O)O)C(=O)O. The predicted octanol–water partition coefficient (Wildman–Crippen LogP) is -1.63. The normalized spacial score (nSPS) is 15.1. The van der Waals surface area contributed by atoms with E-state index in [1.54, 1.807) is 13.8 Å². The maximum Gasteiger partial charge on any atom is 0.326 e. The highest BCUT2D eigenvalue weighted by Gasteiger charge is 2.33. The van der Waals surface area contributed by atoms with Gasteiger partial charge in [-0.25, -0.2) is 4.79 Å². The zero-order valence-electron chi connectivity index (χ0n) is 20.0. The van der Waals surface area contributed by atoms with Crippen molar-refractivity contribution in [2.45, 2.75) is 83.0 Å². The molecule has 0 aliphatic heterocycles. The van der Waals surface area contributed by atoms with E-state index in [9.17, 15) is 39.0 Å². The Hall–Kier alpha value is -3.26. The minimum Gasteiger partial charge on any atom is -0.481 e. The predicted molar refractivity (Wildman–Crippen MR) is 123 cm³/mol. The van der Waals surface area contributed by atoms with Crippen molar-refractivity contribution in [1.82, 2.24) is 16.0 Å². The molecule has 0 aromatic carbocycles. The van der Waals surface area contributed by atoms with Crippen molar-refractivity contribution in [3.8, 4) is 0 Å². The Bertz CT molecular complexity index is 761. The van der Waals surface area contributed by atoms with Crippen LogP contribution in [-0.4, -0.2) is 81.7 Å². The van der Waals surface area contributed by atoms with Crippen molar-refractivity contribution in [1.29, 1.82) is 0 Å². The van der Waals surface area contributed by atoms with Crippen LogP contribution in [0.15, 0.2) is 0 Å². The number of carbonyl (C=O) groups excluding carboxylic acids is 3. The van der Waals surface area contributed by atoms with E-state index in [4.69, 9.17) is 16.6 Å². The second-order valence-corrected chi connectivity index (χ2v) is 8.25. The topological polar surface area (TPSA) is 251 Å². The number of nitrogens with two attached hydrogens (primary N) is 2. The van der Waals surface area contributed by atoms with Crippen LogP contribution in [0.4, 0.5) is 0 Å². The maximum atomic E-state index is 12.9. The highest BCUT2D eigenvalue weighted by atomic mass is 16.4. The number of amides is 3. The van der Waals surface area contributed by atoms with Gasteiger partial charge in [-0.3, -0.25) is 24.0 Å². The molecule has 0 bridgehead atoms. The van der Waals surface area contributed by atoms with Crippen LogP contribution >= 0.6 is 0 Å². The van der Waals surface area contributed by atoms with Crippen LogP contribution < -0.4 is 27.4 Å². The highest BCUT2D eigenvalue weighted by Crippen LogP contribution is 2.09. The molecule has 0 rings (SSSR count). The second-order valence-electron chi connectivity index (χ2n) is 8.25. The summed E-state index contributed by atoms with van der Waals surface area (Å²) in [6.45, 7) is 3.64. The fourth-order valence-corrected chi connectivity index (χ4v) is 3.04. The lowest BCUT2D eigenvalue weighted by Crippen LogP contribution is -2.58. The molecule has 0 aliphatic rings. The Labute approximate surface area is 203 Å². The number of unbranched alkanes of at least 4 members (excludes halogenated alkanes) is 1. The van der Waals surface area contributed by atoms with Gasteiger partial charge in [-0.15, -0.1) is 0 Å². The molecule has 0 aromatic heterocycles. The third kappa shape index (κ3) is 12.7. The number of carboxylic acids is 3. The molecule has 0 spiro atoms. The van der Waals surface area contributed by atoms with E-state index >= 15 is 0 Å². The summed E-state index contributed by atoms with van der Waals surface area (Å²) in [7, 11) is 0. The summed E-state index contributed by atoms with van der Waals surface area (Å²) in [5, 5.41) is 34.2. The molecular weight excluding hydrogens is 466 g/mol. The molecule has 35 heavy (non-hydrogen) atoms. The smallest absolute Gasteiger partial charge is 0.326 e. The first kappa shape index (κ1) is 31.7. The molecule has 0 saturated carbocycles. The molecule has 5 atom stereocenters. The summed E-state index contributed by atoms with van der Waals surface area (Å²) in [4.78, 5) is 71.4. The summed E-state index contributed by atoms with van der Waals surface area (Å²) in [5.74, 6) is -7.01. The maximum absolute atomic E-state index is 12.9. The summed E-state index contributed by atoms with van der Waals surface area (Å²) < 4.78 is 0. The Balaban J connectivity index is 5.55. The number of rotatable bonds is 18. The van der Waals surface area contributed by atoms with Crippen molar-refractivity contribution < 1.29 is 44.1 Å². The number of aliphatic carboxylic acids is 3. The summed E-state index contributed by atoms with van der Waals surface area (Å²) >= 11 is 0. The Morgan fingerprint density at radius 1 is 0.800 bits per heavy atom. The van der Waals surface area contributed by atoms with Crippen molar-refractivity contribution in [3.63, 3.8) is 0 Å². The van der Waals surface area contributed by atoms with Gasteiger partial charge in [0.25, 0.3) is 0 Å². The van der Waals surface area contributed by atoms with E-state index < -0.39 is 72.1 Å². The minimum absolute atomic E-state index is 0.0897. The first-order chi connectivity index (χ1) is 16.3. The number of hydrogen-bond donors (Lipinski definition) is 8. The number of carboxylic acid groups (broad SMARTS) is 3. The molecule has 14 nitrogen and oxygen atoms in total. The van der Waals surface area contributed by atoms with Crippen LogP contribution in [0.25, 0.3) is 0 Å². The first-order valence-corrected chi connectivity index (χ1v) is 11.4. The second kappa shape index (κ2) is 16.4. The van der Waals surface area contributed by atoms with Gasteiger partial charge in [-0.2, -0.15) is 0 Å². The van der Waals surface area contributed by atoms with E-state index in [1.807, 2.05) is 0 Å². The largest absolute Gasteiger partial charge is 0.481 e. The summed E-state index contributed by atoms with van der Waals surface area (Å²) in [5.41, 5.74) is 11.1. The molecule has 200 valence electrons. The molecular formula is C21H37N5O9. The number of carbonyl (C=O) groups is 6. The van der Waals surface area contributed by atoms with Gasteiger partial charge in [0.15, 0.2) is 0 Å². The molecule has 0 heterocycles. The van der Waals surface area contributed by atoms with Crippen LogP contribution in [0.2, 0.25) is 0 Å². The van der Waals surface area contributed by atoms with Gasteiger partial charge < -0.3 is 42.7 Å². The lowest BCUT2D eigenvalue weighted by atomic mass is 9.98. The summed E-state index contributed by atoms with van der Waals surface area (Å²) in [6, 6.07) is -5.33. The third-order valence-corrected chi connectivity index (χ3v) is 5.37. The van der Waals surface area contributed by atoms with Crippen LogP contribution in [0, 0.1) is 5.92 Å². The van der Waals surface area contributed by atoms with Crippen molar-refractivity contribution >= 4 is 35.6 Å². The molecule has 0 saturated heterocycles. The summed E-state index contributed by atoms with van der Waals surface area (Å²) in [6.07, 6.45) is 0.0705. The standard InChI is InChI=1S/C21H37N5O9/c1-3-11(2)17(21(34)35)26-20(33)14(10-16(29)30)25-19(32)13(6-4-5-9-22)24-18(31)12(23)7-8-15(27)28/h11-14,17H,3-10,22-23H2,1-2H3,(H,24,31)(H,25,32)(H,26,33)(H,27,28)(H,29,30)(H,34,35). The molecule has 10 N–H and O–H groups in total. The van der Waals surface area contributed by atoms with Crippen molar-refractivity contribution in [2.75, 3.05) is 6.54 Å². The van der Waals surface area contributed by atoms with E-state index in [0.717, 1.165) is 0 Å². The van der Waals surface area contributed by atoms with Gasteiger partial charge >= 0.3 is 17.9 Å². The highest BCUT2D eigenvalue weighted by molar-refractivity contribution is 5.95. The Morgan fingerprint density at radius 3 is 1.86 bits per heavy atom. The molecule has 14 heteroatoms. The lowest BCUT2D eigenvalue weighted by Gasteiger charge is -2.26. The molecule has 0 aliphatic carbocycles. The average Bonchev–Trinajstić information content (AvgIpc) is 2.78. The quantitative estimate of drug-likeness (QED) is 0.0985. The monoisotopic (exact) mass is 503 g/mol. The van der Waals surface area contributed by atoms with Crippen molar-refractivity contribution in [2.24, 2.45) is 17.4 Å². The van der Waals surface area contributed by atoms with Gasteiger partial charge in [0.2, 0.25) is 17.7 Å². The van der Waals surface area contributed by atoms with Gasteiger partial charge in [0, 0.05) is 6.42 Å². The van der Waals surface area contributed by atoms with Gasteiger partial charge in [-0.1, -0.05) is 20.3 Å². The van der Waals surface area contributed by atoms with Gasteiger partial charge in [0.1, 0.15) is 18.1 Å². The molecule has 0 aromatic rings. The fourth-order valence-electron chi connectivity index (χ4n) is 3.04. The number of hydrogen-bond acceptors (Lipinski definition) is 8. The van der Waals surface area contributed by atoms with E-state index in [0.29, 0.717) is 25.8 Å².